The van der Waals surface area contributed by atoms with Crippen LogP contribution in [0.15, 0.2) is 54.7 Å². The molecule has 2 saturated carbocycles. The Morgan fingerprint density at radius 1 is 0.778 bits per heavy atom. The number of halogens is 3. The minimum atomic E-state index is -4.62. The largest absolute Gasteiger partial charge is 0.490 e. The molecule has 0 spiro atoms. The molecule has 1 aromatic heterocycles. The molecule has 0 amide bonds. The molecule has 0 unspecified atom stereocenters. The number of nitrogens with zero attached hydrogens (tertiary/aromatic N) is 2. The summed E-state index contributed by atoms with van der Waals surface area (Å²) in [6.07, 6.45) is 5.02. The second-order valence-electron chi connectivity index (χ2n) is 9.27. The highest BCUT2D eigenvalue weighted by atomic mass is 19.4. The van der Waals surface area contributed by atoms with E-state index in [1.54, 1.807) is 36.4 Å². The molecule has 3 aromatic rings. The van der Waals surface area contributed by atoms with Gasteiger partial charge in [0.1, 0.15) is 22.9 Å². The monoisotopic (exact) mass is 498 g/mol. The Kier molecular flexibility index (Phi) is 7.16. The molecule has 0 aliphatic heterocycles. The van der Waals surface area contributed by atoms with Crippen LogP contribution in [0.1, 0.15) is 56.9 Å². The Balaban J connectivity index is 1.35. The van der Waals surface area contributed by atoms with Gasteiger partial charge in [-0.3, -0.25) is 0 Å². The van der Waals surface area contributed by atoms with Crippen LogP contribution in [0.5, 0.6) is 11.5 Å². The molecule has 2 aromatic carbocycles. The van der Waals surface area contributed by atoms with Gasteiger partial charge in [0.15, 0.2) is 0 Å². The molecular formula is C27H29F3N4O2. The summed E-state index contributed by atoms with van der Waals surface area (Å²) >= 11 is 0. The Labute approximate surface area is 208 Å². The molecular weight excluding hydrogens is 469 g/mol. The van der Waals surface area contributed by atoms with Gasteiger partial charge in [-0.05, 0) is 87.8 Å². The maximum atomic E-state index is 13.8. The predicted molar refractivity (Wildman–Crippen MR) is 132 cm³/mol. The predicted octanol–water partition coefficient (Wildman–Crippen LogP) is 7.63. The van der Waals surface area contributed by atoms with Crippen molar-refractivity contribution in [2.45, 2.75) is 69.8 Å². The molecule has 5 rings (SSSR count). The highest BCUT2D eigenvalue weighted by Crippen LogP contribution is 2.38. The SMILES string of the molecule is FC(F)(F)c1cnc(Nc2ccc(OC3CCCC3)cc2)nc1Nc1ccccc1OC1CCCC1. The summed E-state index contributed by atoms with van der Waals surface area (Å²) in [5, 5.41) is 5.83. The number of rotatable bonds is 8. The summed E-state index contributed by atoms with van der Waals surface area (Å²) in [5.74, 6) is 0.971. The molecule has 0 atom stereocenters. The molecule has 1 heterocycles. The van der Waals surface area contributed by atoms with Crippen LogP contribution in [0.3, 0.4) is 0 Å². The number of benzene rings is 2. The molecule has 0 bridgehead atoms. The molecule has 9 heteroatoms. The van der Waals surface area contributed by atoms with E-state index in [0.29, 0.717) is 17.1 Å². The van der Waals surface area contributed by atoms with Gasteiger partial charge in [-0.2, -0.15) is 18.2 Å². The van der Waals surface area contributed by atoms with E-state index in [9.17, 15) is 13.2 Å². The van der Waals surface area contributed by atoms with Crippen LogP contribution >= 0.6 is 0 Å². The van der Waals surface area contributed by atoms with Crippen LogP contribution in [-0.4, -0.2) is 22.2 Å². The smallest absolute Gasteiger partial charge is 0.421 e. The van der Waals surface area contributed by atoms with Gasteiger partial charge < -0.3 is 20.1 Å². The zero-order valence-corrected chi connectivity index (χ0v) is 19.9. The molecule has 0 radical (unpaired) electrons. The van der Waals surface area contributed by atoms with Crippen LogP contribution in [0, 0.1) is 0 Å². The highest BCUT2D eigenvalue weighted by Gasteiger charge is 2.35. The average Bonchev–Trinajstić information content (AvgIpc) is 3.56. The Bertz CT molecular complexity index is 1160. The lowest BCUT2D eigenvalue weighted by atomic mass is 10.2. The van der Waals surface area contributed by atoms with Crippen LogP contribution < -0.4 is 20.1 Å². The van der Waals surface area contributed by atoms with Crippen LogP contribution in [-0.2, 0) is 6.18 Å². The zero-order valence-electron chi connectivity index (χ0n) is 19.9. The van der Waals surface area contributed by atoms with Crippen molar-refractivity contribution in [3.63, 3.8) is 0 Å². The molecule has 2 fully saturated rings. The second kappa shape index (κ2) is 10.6. The van der Waals surface area contributed by atoms with E-state index in [1.807, 2.05) is 12.1 Å². The first-order valence-electron chi connectivity index (χ1n) is 12.4. The summed E-state index contributed by atoms with van der Waals surface area (Å²) in [6.45, 7) is 0. The zero-order chi connectivity index (χ0) is 25.0. The first-order chi connectivity index (χ1) is 17.4. The minimum Gasteiger partial charge on any atom is -0.490 e. The normalized spacial score (nSPS) is 16.8. The fourth-order valence-corrected chi connectivity index (χ4v) is 4.68. The van der Waals surface area contributed by atoms with Gasteiger partial charge in [0.25, 0.3) is 0 Å². The van der Waals surface area contributed by atoms with Crippen LogP contribution in [0.25, 0.3) is 0 Å². The molecule has 190 valence electrons. The third-order valence-electron chi connectivity index (χ3n) is 6.55. The Morgan fingerprint density at radius 2 is 1.42 bits per heavy atom. The lowest BCUT2D eigenvalue weighted by Gasteiger charge is -2.19. The molecule has 2 N–H and O–H groups in total. The topological polar surface area (TPSA) is 68.3 Å². The van der Waals surface area contributed by atoms with Gasteiger partial charge in [0, 0.05) is 11.9 Å². The van der Waals surface area contributed by atoms with Crippen molar-refractivity contribution >= 4 is 23.1 Å². The number of hydrogen-bond donors (Lipinski definition) is 2. The number of nitrogens with one attached hydrogen (secondary N) is 2. The van der Waals surface area contributed by atoms with Crippen molar-refractivity contribution in [2.75, 3.05) is 10.6 Å². The summed E-state index contributed by atoms with van der Waals surface area (Å²) < 4.78 is 53.3. The number of para-hydroxylation sites is 2. The summed E-state index contributed by atoms with van der Waals surface area (Å²) in [5.41, 5.74) is 0.112. The van der Waals surface area contributed by atoms with Crippen molar-refractivity contribution in [1.29, 1.82) is 0 Å². The fourth-order valence-electron chi connectivity index (χ4n) is 4.68. The number of alkyl halides is 3. The summed E-state index contributed by atoms with van der Waals surface area (Å²) in [7, 11) is 0. The molecule has 2 aliphatic carbocycles. The summed E-state index contributed by atoms with van der Waals surface area (Å²) in [4.78, 5) is 8.08. The third kappa shape index (κ3) is 6.01. The Morgan fingerprint density at radius 3 is 2.08 bits per heavy atom. The minimum absolute atomic E-state index is 0.0455. The maximum Gasteiger partial charge on any atom is 0.421 e. The first-order valence-corrected chi connectivity index (χ1v) is 12.4. The van der Waals surface area contributed by atoms with E-state index in [-0.39, 0.29) is 24.0 Å². The van der Waals surface area contributed by atoms with Crippen molar-refractivity contribution in [3.05, 3.63) is 60.3 Å². The van der Waals surface area contributed by atoms with Crippen molar-refractivity contribution in [3.8, 4) is 11.5 Å². The van der Waals surface area contributed by atoms with Crippen LogP contribution in [0.2, 0.25) is 0 Å². The van der Waals surface area contributed by atoms with Crippen LogP contribution in [0.4, 0.5) is 36.3 Å². The van der Waals surface area contributed by atoms with Gasteiger partial charge in [-0.1, -0.05) is 12.1 Å². The molecule has 36 heavy (non-hydrogen) atoms. The lowest BCUT2D eigenvalue weighted by Crippen LogP contribution is -2.14. The number of aromatic nitrogens is 2. The highest BCUT2D eigenvalue weighted by molar-refractivity contribution is 5.67. The maximum absolute atomic E-state index is 13.8. The quantitative estimate of drug-likeness (QED) is 0.333. The third-order valence-corrected chi connectivity index (χ3v) is 6.55. The van der Waals surface area contributed by atoms with Crippen molar-refractivity contribution < 1.29 is 22.6 Å². The summed E-state index contributed by atoms with van der Waals surface area (Å²) in [6, 6.07) is 14.2. The number of ether oxygens (including phenoxy) is 2. The molecule has 0 saturated heterocycles. The van der Waals surface area contributed by atoms with Gasteiger partial charge in [0.05, 0.1) is 17.9 Å². The fraction of sp³-hybridized carbons (Fsp3) is 0.407. The average molecular weight is 499 g/mol. The number of hydrogen-bond acceptors (Lipinski definition) is 6. The second-order valence-corrected chi connectivity index (χ2v) is 9.27. The lowest BCUT2D eigenvalue weighted by molar-refractivity contribution is -0.137. The number of anilines is 4. The van der Waals surface area contributed by atoms with E-state index in [4.69, 9.17) is 9.47 Å². The van der Waals surface area contributed by atoms with E-state index in [1.165, 1.54) is 12.8 Å². The molecule has 6 nitrogen and oxygen atoms in total. The van der Waals surface area contributed by atoms with Gasteiger partial charge >= 0.3 is 6.18 Å². The first kappa shape index (κ1) is 24.2. The van der Waals surface area contributed by atoms with Crippen molar-refractivity contribution in [2.24, 2.45) is 0 Å². The standard InChI is InChI=1S/C27H29F3N4O2/c28-27(29,30)22-17-31-26(32-18-13-15-21(16-14-18)35-19-7-1-2-8-19)34-25(22)33-23-11-5-6-12-24(23)36-20-9-3-4-10-20/h5-6,11-17,19-20H,1-4,7-10H2,(H2,31,32,33,34). The van der Waals surface area contributed by atoms with Crippen molar-refractivity contribution in [1.82, 2.24) is 9.97 Å². The van der Waals surface area contributed by atoms with Gasteiger partial charge in [-0.15, -0.1) is 0 Å². The van der Waals surface area contributed by atoms with Gasteiger partial charge in [0.2, 0.25) is 5.95 Å². The van der Waals surface area contributed by atoms with E-state index >= 15 is 0 Å². The van der Waals surface area contributed by atoms with Gasteiger partial charge in [-0.25, -0.2) is 4.98 Å². The van der Waals surface area contributed by atoms with E-state index < -0.39 is 11.7 Å². The van der Waals surface area contributed by atoms with E-state index in [2.05, 4.69) is 20.6 Å². The van der Waals surface area contributed by atoms with E-state index in [0.717, 1.165) is 50.5 Å². The Hall–Kier alpha value is -3.49. The molecule has 2 aliphatic rings.